The van der Waals surface area contributed by atoms with Crippen LogP contribution in [0.2, 0.25) is 0 Å². The molecular formula is C19H21BrN2O2. The fourth-order valence-electron chi connectivity index (χ4n) is 3.30. The molecule has 0 aromatic heterocycles. The first kappa shape index (κ1) is 17.1. The van der Waals surface area contributed by atoms with Crippen molar-refractivity contribution in [1.29, 1.82) is 0 Å². The number of aliphatic carboxylic acids is 1. The lowest BCUT2D eigenvalue weighted by Crippen LogP contribution is -2.49. The van der Waals surface area contributed by atoms with Crippen molar-refractivity contribution < 1.29 is 9.90 Å². The number of benzene rings is 2. The number of carboxylic acids is 1. The van der Waals surface area contributed by atoms with Crippen LogP contribution in [0.25, 0.3) is 0 Å². The standard InChI is InChI=1S/C19H21BrN2O2/c20-17-8-4-7-16(13-17)19(15-5-2-1-3-6-15)22-11-9-21(10-12-22)14-18(23)24/h1-8,13,19H,9-12,14H2,(H,23,24)/t19-/m1/s1. The molecule has 2 aromatic rings. The van der Waals surface area contributed by atoms with Crippen molar-refractivity contribution in [2.45, 2.75) is 6.04 Å². The molecule has 24 heavy (non-hydrogen) atoms. The quantitative estimate of drug-likeness (QED) is 0.853. The molecule has 0 unspecified atom stereocenters. The highest BCUT2D eigenvalue weighted by molar-refractivity contribution is 9.10. The Morgan fingerprint density at radius 1 is 1.00 bits per heavy atom. The number of nitrogens with zero attached hydrogens (tertiary/aromatic N) is 2. The summed E-state index contributed by atoms with van der Waals surface area (Å²) < 4.78 is 1.07. The van der Waals surface area contributed by atoms with E-state index in [4.69, 9.17) is 5.11 Å². The van der Waals surface area contributed by atoms with Gasteiger partial charge >= 0.3 is 5.97 Å². The first-order valence-electron chi connectivity index (χ1n) is 8.12. The Morgan fingerprint density at radius 2 is 1.67 bits per heavy atom. The van der Waals surface area contributed by atoms with Gasteiger partial charge in [-0.2, -0.15) is 0 Å². The number of carboxylic acid groups (broad SMARTS) is 1. The van der Waals surface area contributed by atoms with Crippen LogP contribution in [-0.2, 0) is 4.79 Å². The molecule has 4 nitrogen and oxygen atoms in total. The highest BCUT2D eigenvalue weighted by Crippen LogP contribution is 2.30. The molecule has 0 spiro atoms. The lowest BCUT2D eigenvalue weighted by atomic mass is 9.96. The molecule has 1 fully saturated rings. The van der Waals surface area contributed by atoms with Gasteiger partial charge in [0.15, 0.2) is 0 Å². The molecule has 0 saturated carbocycles. The van der Waals surface area contributed by atoms with Crippen LogP contribution in [0.4, 0.5) is 0 Å². The summed E-state index contributed by atoms with van der Waals surface area (Å²) in [6.07, 6.45) is 0. The van der Waals surface area contributed by atoms with E-state index in [1.165, 1.54) is 11.1 Å². The van der Waals surface area contributed by atoms with Gasteiger partial charge < -0.3 is 5.11 Å². The van der Waals surface area contributed by atoms with Gasteiger partial charge in [0.1, 0.15) is 0 Å². The number of hydrogen-bond acceptors (Lipinski definition) is 3. The topological polar surface area (TPSA) is 43.8 Å². The lowest BCUT2D eigenvalue weighted by Gasteiger charge is -2.39. The van der Waals surface area contributed by atoms with Crippen LogP contribution in [0.3, 0.4) is 0 Å². The maximum absolute atomic E-state index is 10.9. The molecule has 3 rings (SSSR count). The largest absolute Gasteiger partial charge is 0.480 e. The maximum Gasteiger partial charge on any atom is 0.317 e. The van der Waals surface area contributed by atoms with Gasteiger partial charge in [0.25, 0.3) is 0 Å². The van der Waals surface area contributed by atoms with Crippen LogP contribution in [0.5, 0.6) is 0 Å². The average Bonchev–Trinajstić information content (AvgIpc) is 2.57. The minimum absolute atomic E-state index is 0.126. The molecule has 2 aromatic carbocycles. The normalized spacial score (nSPS) is 17.5. The molecule has 0 amide bonds. The van der Waals surface area contributed by atoms with Gasteiger partial charge in [0.05, 0.1) is 12.6 Å². The third-order valence-electron chi connectivity index (χ3n) is 4.41. The third-order valence-corrected chi connectivity index (χ3v) is 4.90. The summed E-state index contributed by atoms with van der Waals surface area (Å²) in [6, 6.07) is 19.1. The first-order chi connectivity index (χ1) is 11.6. The van der Waals surface area contributed by atoms with Gasteiger partial charge in [-0.05, 0) is 23.3 Å². The zero-order valence-electron chi connectivity index (χ0n) is 13.4. The van der Waals surface area contributed by atoms with E-state index in [0.29, 0.717) is 0 Å². The number of piperazine rings is 1. The summed E-state index contributed by atoms with van der Waals surface area (Å²) in [5.74, 6) is -0.755. The second kappa shape index (κ2) is 7.92. The van der Waals surface area contributed by atoms with Crippen molar-refractivity contribution in [2.75, 3.05) is 32.7 Å². The predicted octanol–water partition coefficient (Wildman–Crippen LogP) is 3.24. The average molecular weight is 389 g/mol. The maximum atomic E-state index is 10.9. The Kier molecular flexibility index (Phi) is 5.66. The minimum Gasteiger partial charge on any atom is -0.480 e. The lowest BCUT2D eigenvalue weighted by molar-refractivity contribution is -0.138. The Balaban J connectivity index is 1.83. The Labute approximate surface area is 150 Å². The molecular weight excluding hydrogens is 368 g/mol. The van der Waals surface area contributed by atoms with Gasteiger partial charge in [0, 0.05) is 30.7 Å². The Morgan fingerprint density at radius 3 is 2.29 bits per heavy atom. The number of carbonyl (C=O) groups is 1. The van der Waals surface area contributed by atoms with E-state index in [0.717, 1.165) is 30.7 Å². The van der Waals surface area contributed by atoms with E-state index < -0.39 is 5.97 Å². The molecule has 1 atom stereocenters. The second-order valence-electron chi connectivity index (χ2n) is 6.07. The third kappa shape index (κ3) is 4.23. The van der Waals surface area contributed by atoms with E-state index in [1.807, 2.05) is 17.0 Å². The Hall–Kier alpha value is -1.69. The van der Waals surface area contributed by atoms with Crippen LogP contribution >= 0.6 is 15.9 Å². The molecule has 1 saturated heterocycles. The van der Waals surface area contributed by atoms with Crippen molar-refractivity contribution >= 4 is 21.9 Å². The Bertz CT molecular complexity index is 685. The van der Waals surface area contributed by atoms with Gasteiger partial charge in [-0.1, -0.05) is 58.4 Å². The molecule has 1 heterocycles. The number of halogens is 1. The molecule has 0 aliphatic carbocycles. The predicted molar refractivity (Wildman–Crippen MR) is 98.1 cm³/mol. The highest BCUT2D eigenvalue weighted by atomic mass is 79.9. The van der Waals surface area contributed by atoms with E-state index in [-0.39, 0.29) is 12.6 Å². The monoisotopic (exact) mass is 388 g/mol. The van der Waals surface area contributed by atoms with Crippen LogP contribution < -0.4 is 0 Å². The summed E-state index contributed by atoms with van der Waals surface area (Å²) >= 11 is 3.57. The summed E-state index contributed by atoms with van der Waals surface area (Å²) in [5.41, 5.74) is 2.52. The molecule has 126 valence electrons. The zero-order valence-corrected chi connectivity index (χ0v) is 15.0. The first-order valence-corrected chi connectivity index (χ1v) is 8.91. The van der Waals surface area contributed by atoms with Crippen molar-refractivity contribution in [3.8, 4) is 0 Å². The summed E-state index contributed by atoms with van der Waals surface area (Å²) in [4.78, 5) is 15.3. The van der Waals surface area contributed by atoms with Crippen molar-refractivity contribution in [3.05, 3.63) is 70.2 Å². The molecule has 0 bridgehead atoms. The smallest absolute Gasteiger partial charge is 0.317 e. The fourth-order valence-corrected chi connectivity index (χ4v) is 3.71. The fraction of sp³-hybridized carbons (Fsp3) is 0.316. The second-order valence-corrected chi connectivity index (χ2v) is 6.99. The van der Waals surface area contributed by atoms with Crippen LogP contribution in [0, 0.1) is 0 Å². The highest BCUT2D eigenvalue weighted by Gasteiger charge is 2.27. The molecule has 1 aliphatic rings. The molecule has 0 radical (unpaired) electrons. The minimum atomic E-state index is -0.755. The number of hydrogen-bond donors (Lipinski definition) is 1. The van der Waals surface area contributed by atoms with Gasteiger partial charge in [-0.25, -0.2) is 0 Å². The molecule has 1 aliphatic heterocycles. The summed E-state index contributed by atoms with van der Waals surface area (Å²) in [5, 5.41) is 8.97. The SMILES string of the molecule is O=C(O)CN1CCN([C@H](c2ccccc2)c2cccc(Br)c2)CC1. The van der Waals surface area contributed by atoms with E-state index >= 15 is 0 Å². The summed E-state index contributed by atoms with van der Waals surface area (Å²) in [6.45, 7) is 3.41. The number of rotatable bonds is 5. The van der Waals surface area contributed by atoms with Crippen molar-refractivity contribution in [3.63, 3.8) is 0 Å². The van der Waals surface area contributed by atoms with Crippen LogP contribution in [0.1, 0.15) is 17.2 Å². The van der Waals surface area contributed by atoms with E-state index in [1.54, 1.807) is 0 Å². The van der Waals surface area contributed by atoms with Crippen molar-refractivity contribution in [2.24, 2.45) is 0 Å². The van der Waals surface area contributed by atoms with Crippen LogP contribution in [0.15, 0.2) is 59.1 Å². The molecule has 5 heteroatoms. The summed E-state index contributed by atoms with van der Waals surface area (Å²) in [7, 11) is 0. The van der Waals surface area contributed by atoms with E-state index in [9.17, 15) is 4.79 Å². The van der Waals surface area contributed by atoms with Gasteiger partial charge in [-0.3, -0.25) is 14.6 Å². The van der Waals surface area contributed by atoms with Gasteiger partial charge in [-0.15, -0.1) is 0 Å². The van der Waals surface area contributed by atoms with Crippen LogP contribution in [-0.4, -0.2) is 53.6 Å². The zero-order chi connectivity index (χ0) is 16.9. The van der Waals surface area contributed by atoms with Gasteiger partial charge in [0.2, 0.25) is 0 Å². The van der Waals surface area contributed by atoms with E-state index in [2.05, 4.69) is 63.3 Å². The molecule has 1 N–H and O–H groups in total. The van der Waals surface area contributed by atoms with Crippen molar-refractivity contribution in [1.82, 2.24) is 9.80 Å².